The summed E-state index contributed by atoms with van der Waals surface area (Å²) < 4.78 is 36.6. The second kappa shape index (κ2) is 7.69. The fourth-order valence-corrected chi connectivity index (χ4v) is 6.16. The van der Waals surface area contributed by atoms with Gasteiger partial charge >= 0.3 is 5.97 Å². The first-order valence-electron chi connectivity index (χ1n) is 7.31. The Bertz CT molecular complexity index is 1150. The summed E-state index contributed by atoms with van der Waals surface area (Å²) >= 11 is 13.9. The molecule has 0 amide bonds. The van der Waals surface area contributed by atoms with E-state index in [4.69, 9.17) is 27.9 Å². The summed E-state index contributed by atoms with van der Waals surface area (Å²) in [4.78, 5) is 12.1. The van der Waals surface area contributed by atoms with Crippen molar-refractivity contribution < 1.29 is 17.9 Å². The lowest BCUT2D eigenvalue weighted by molar-refractivity contribution is -0.143. The number of hydrogen-bond donors (Lipinski definition) is 0. The lowest BCUT2D eigenvalue weighted by Crippen LogP contribution is -2.23. The largest absolute Gasteiger partial charge is 0.465 e. The minimum Gasteiger partial charge on any atom is -0.465 e. The van der Waals surface area contributed by atoms with Crippen LogP contribution in [0.3, 0.4) is 0 Å². The van der Waals surface area contributed by atoms with Gasteiger partial charge in [0.25, 0.3) is 10.0 Å². The zero-order valence-corrected chi connectivity index (χ0v) is 17.3. The number of aromatic nitrogens is 1. The predicted molar refractivity (Wildman–Crippen MR) is 104 cm³/mol. The minimum absolute atomic E-state index is 0.0284. The SMILES string of the molecule is CCOC(=O)Cn1c(=NS(=O)(=O)c2ccc(Cl)s2)sc2cc(Cl)ccc21. The van der Waals surface area contributed by atoms with Gasteiger partial charge in [0.05, 0.1) is 21.2 Å². The molecule has 11 heteroatoms. The quantitative estimate of drug-likeness (QED) is 0.551. The van der Waals surface area contributed by atoms with Crippen LogP contribution >= 0.6 is 45.9 Å². The second-order valence-electron chi connectivity index (χ2n) is 5.01. The van der Waals surface area contributed by atoms with Gasteiger partial charge in [-0.2, -0.15) is 8.42 Å². The lowest BCUT2D eigenvalue weighted by Gasteiger charge is -2.05. The zero-order valence-electron chi connectivity index (χ0n) is 13.3. The summed E-state index contributed by atoms with van der Waals surface area (Å²) in [5, 5.41) is 0.501. The van der Waals surface area contributed by atoms with Crippen molar-refractivity contribution in [3.05, 3.63) is 44.5 Å². The van der Waals surface area contributed by atoms with Crippen LogP contribution in [0.2, 0.25) is 9.36 Å². The Morgan fingerprint density at radius 3 is 2.65 bits per heavy atom. The van der Waals surface area contributed by atoms with Crippen LogP contribution < -0.4 is 4.80 Å². The van der Waals surface area contributed by atoms with Crippen molar-refractivity contribution in [2.45, 2.75) is 17.7 Å². The Kier molecular flexibility index (Phi) is 5.73. The maximum absolute atomic E-state index is 12.6. The molecule has 0 saturated heterocycles. The third kappa shape index (κ3) is 4.12. The number of fused-ring (bicyclic) bond motifs is 1. The van der Waals surface area contributed by atoms with Crippen molar-refractivity contribution in [3.63, 3.8) is 0 Å². The van der Waals surface area contributed by atoms with E-state index in [0.29, 0.717) is 19.6 Å². The number of carbonyl (C=O) groups is 1. The van der Waals surface area contributed by atoms with Gasteiger partial charge in [-0.3, -0.25) is 4.79 Å². The number of hydrogen-bond acceptors (Lipinski definition) is 6. The van der Waals surface area contributed by atoms with E-state index in [0.717, 1.165) is 22.7 Å². The fourth-order valence-electron chi connectivity index (χ4n) is 2.19. The van der Waals surface area contributed by atoms with Crippen LogP contribution in [-0.2, 0) is 26.1 Å². The highest BCUT2D eigenvalue weighted by molar-refractivity contribution is 7.92. The van der Waals surface area contributed by atoms with Gasteiger partial charge in [0, 0.05) is 5.02 Å². The molecule has 2 heterocycles. The number of nitrogens with zero attached hydrogens (tertiary/aromatic N) is 2. The smallest absolute Gasteiger partial charge is 0.326 e. The maximum atomic E-state index is 12.6. The molecule has 138 valence electrons. The van der Waals surface area contributed by atoms with E-state index >= 15 is 0 Å². The molecule has 1 aromatic carbocycles. The molecule has 0 fully saturated rings. The molecule has 0 aliphatic rings. The van der Waals surface area contributed by atoms with E-state index in [9.17, 15) is 13.2 Å². The van der Waals surface area contributed by atoms with E-state index in [1.807, 2.05) is 0 Å². The summed E-state index contributed by atoms with van der Waals surface area (Å²) in [5.74, 6) is -0.486. The van der Waals surface area contributed by atoms with Gasteiger partial charge in [-0.05, 0) is 37.3 Å². The van der Waals surface area contributed by atoms with Gasteiger partial charge in [-0.25, -0.2) is 0 Å². The first kappa shape index (κ1) is 19.4. The summed E-state index contributed by atoms with van der Waals surface area (Å²) in [6.45, 7) is 1.77. The molecule has 0 unspecified atom stereocenters. The molecule has 0 atom stereocenters. The molecule has 0 aliphatic heterocycles. The van der Waals surface area contributed by atoms with Crippen LogP contribution in [0.25, 0.3) is 10.2 Å². The van der Waals surface area contributed by atoms with Crippen molar-refractivity contribution in [1.29, 1.82) is 0 Å². The first-order valence-corrected chi connectivity index (χ1v) is 11.1. The average molecular weight is 451 g/mol. The standard InChI is InChI=1S/C15H12Cl2N2O4S3/c1-2-23-13(20)8-19-10-4-3-9(16)7-11(10)24-15(19)18-26(21,22)14-6-5-12(17)25-14/h3-7H,2,8H2,1H3. The average Bonchev–Trinajstić information content (AvgIpc) is 3.12. The normalized spacial score (nSPS) is 12.7. The van der Waals surface area contributed by atoms with Gasteiger partial charge in [0.15, 0.2) is 0 Å². The van der Waals surface area contributed by atoms with Crippen LogP contribution in [-0.4, -0.2) is 25.6 Å². The third-order valence-corrected chi connectivity index (χ3v) is 7.60. The van der Waals surface area contributed by atoms with E-state index in [-0.39, 0.29) is 22.2 Å². The summed E-state index contributed by atoms with van der Waals surface area (Å²) in [6.07, 6.45) is 0. The number of benzene rings is 1. The molecule has 0 radical (unpaired) electrons. The van der Waals surface area contributed by atoms with Gasteiger partial charge in [0.2, 0.25) is 4.80 Å². The molecule has 0 N–H and O–H groups in total. The molecule has 0 bridgehead atoms. The molecule has 0 saturated carbocycles. The number of rotatable bonds is 5. The van der Waals surface area contributed by atoms with Gasteiger partial charge in [-0.1, -0.05) is 34.5 Å². The Labute approximate surface area is 167 Å². The molecule has 0 spiro atoms. The Morgan fingerprint density at radius 2 is 2.00 bits per heavy atom. The Balaban J connectivity index is 2.19. The highest BCUT2D eigenvalue weighted by atomic mass is 35.5. The molecule has 26 heavy (non-hydrogen) atoms. The van der Waals surface area contributed by atoms with Crippen LogP contribution in [0, 0.1) is 0 Å². The molecule has 2 aromatic heterocycles. The predicted octanol–water partition coefficient (Wildman–Crippen LogP) is 3.92. The van der Waals surface area contributed by atoms with Crippen LogP contribution in [0.15, 0.2) is 38.9 Å². The number of thiazole rings is 1. The Morgan fingerprint density at radius 1 is 1.23 bits per heavy atom. The molecule has 6 nitrogen and oxygen atoms in total. The topological polar surface area (TPSA) is 77.7 Å². The van der Waals surface area contributed by atoms with Crippen molar-refractivity contribution in [3.8, 4) is 0 Å². The minimum atomic E-state index is -3.96. The number of thiophene rings is 1. The molecule has 3 aromatic rings. The van der Waals surface area contributed by atoms with E-state index in [1.54, 1.807) is 25.1 Å². The fraction of sp³-hybridized carbons (Fsp3) is 0.200. The number of esters is 1. The first-order chi connectivity index (χ1) is 12.3. The maximum Gasteiger partial charge on any atom is 0.326 e. The van der Waals surface area contributed by atoms with Gasteiger partial charge < -0.3 is 9.30 Å². The van der Waals surface area contributed by atoms with Crippen molar-refractivity contribution in [1.82, 2.24) is 4.57 Å². The molecule has 0 aliphatic carbocycles. The monoisotopic (exact) mass is 450 g/mol. The van der Waals surface area contributed by atoms with E-state index < -0.39 is 16.0 Å². The van der Waals surface area contributed by atoms with Crippen LogP contribution in [0.5, 0.6) is 0 Å². The van der Waals surface area contributed by atoms with E-state index in [1.165, 1.54) is 16.7 Å². The number of ether oxygens (including phenoxy) is 1. The summed E-state index contributed by atoms with van der Waals surface area (Å²) in [5.41, 5.74) is 0.644. The zero-order chi connectivity index (χ0) is 18.9. The number of carbonyl (C=O) groups excluding carboxylic acids is 1. The summed E-state index contributed by atoms with van der Waals surface area (Å²) in [6, 6.07) is 7.95. The molecule has 3 rings (SSSR count). The molecular formula is C15H12Cl2N2O4S3. The van der Waals surface area contributed by atoms with Gasteiger partial charge in [-0.15, -0.1) is 15.7 Å². The number of sulfonamides is 1. The van der Waals surface area contributed by atoms with Crippen molar-refractivity contribution >= 4 is 72.1 Å². The summed E-state index contributed by atoms with van der Waals surface area (Å²) in [7, 11) is -3.96. The second-order valence-corrected chi connectivity index (χ2v) is 10.0. The highest BCUT2D eigenvalue weighted by Crippen LogP contribution is 2.27. The van der Waals surface area contributed by atoms with Crippen molar-refractivity contribution in [2.24, 2.45) is 4.40 Å². The third-order valence-electron chi connectivity index (χ3n) is 3.24. The van der Waals surface area contributed by atoms with E-state index in [2.05, 4.69) is 4.40 Å². The lowest BCUT2D eigenvalue weighted by atomic mass is 10.3. The van der Waals surface area contributed by atoms with Crippen LogP contribution in [0.1, 0.15) is 6.92 Å². The number of halogens is 2. The van der Waals surface area contributed by atoms with Gasteiger partial charge in [0.1, 0.15) is 10.8 Å². The van der Waals surface area contributed by atoms with Crippen molar-refractivity contribution in [2.75, 3.05) is 6.61 Å². The Hall–Kier alpha value is -1.39. The van der Waals surface area contributed by atoms with Crippen LogP contribution in [0.4, 0.5) is 0 Å². The highest BCUT2D eigenvalue weighted by Gasteiger charge is 2.18. The molecular weight excluding hydrogens is 439 g/mol.